The molecule has 0 saturated carbocycles. The van der Waals surface area contributed by atoms with Crippen molar-refractivity contribution in [3.05, 3.63) is 173 Å². The van der Waals surface area contributed by atoms with Crippen LogP contribution in [-0.2, 0) is 36.4 Å². The zero-order chi connectivity index (χ0) is 33.5. The highest BCUT2D eigenvalue weighted by atomic mass is 19.1. The quantitative estimate of drug-likeness (QED) is 0.136. The van der Waals surface area contributed by atoms with Gasteiger partial charge in [0.05, 0.1) is 17.4 Å². The molecule has 10 heteroatoms. The maximum absolute atomic E-state index is 15.8. The van der Waals surface area contributed by atoms with Crippen molar-refractivity contribution in [2.75, 3.05) is 7.05 Å². The van der Waals surface area contributed by atoms with Crippen molar-refractivity contribution in [1.29, 1.82) is 0 Å². The van der Waals surface area contributed by atoms with Gasteiger partial charge in [0.25, 0.3) is 0 Å². The summed E-state index contributed by atoms with van der Waals surface area (Å²) in [6.07, 6.45) is 5.71. The summed E-state index contributed by atoms with van der Waals surface area (Å²) in [5.41, 5.74) is 4.13. The fraction of sp³-hybridized carbons (Fsp3) is 0.237. The molecule has 0 aliphatic heterocycles. The highest BCUT2D eigenvalue weighted by Crippen LogP contribution is 2.41. The van der Waals surface area contributed by atoms with Crippen molar-refractivity contribution >= 4 is 0 Å². The summed E-state index contributed by atoms with van der Waals surface area (Å²) in [4.78, 5) is 4.40. The number of ether oxygens (including phenoxy) is 2. The SMILES string of the molecule is CNC(Cc1cccc(F)c1)C(Cc1ccccc1)(OC(c1cccnc1)c1ccnn1C)OC(c1ccccc1F)c1ccnn1C. The average Bonchev–Trinajstić information content (AvgIpc) is 3.73. The van der Waals surface area contributed by atoms with E-state index in [9.17, 15) is 4.39 Å². The van der Waals surface area contributed by atoms with Crippen molar-refractivity contribution in [3.63, 3.8) is 0 Å². The number of aromatic nitrogens is 5. The number of halogens is 2. The molecule has 8 nitrogen and oxygen atoms in total. The number of nitrogens with zero attached hydrogens (tertiary/aromatic N) is 5. The molecule has 0 aliphatic rings. The van der Waals surface area contributed by atoms with E-state index in [-0.39, 0.29) is 12.2 Å². The van der Waals surface area contributed by atoms with Gasteiger partial charge in [0, 0.05) is 56.4 Å². The summed E-state index contributed by atoms with van der Waals surface area (Å²) in [5.74, 6) is -2.30. The van der Waals surface area contributed by atoms with Crippen LogP contribution in [-0.4, -0.2) is 43.4 Å². The maximum atomic E-state index is 15.8. The Morgan fingerprint density at radius 2 is 1.40 bits per heavy atom. The third kappa shape index (κ3) is 7.26. The van der Waals surface area contributed by atoms with Gasteiger partial charge in [-0.3, -0.25) is 14.3 Å². The van der Waals surface area contributed by atoms with Gasteiger partial charge in [-0.25, -0.2) is 8.78 Å². The Bertz CT molecular complexity index is 1910. The molecular weight excluding hydrogens is 610 g/mol. The zero-order valence-corrected chi connectivity index (χ0v) is 27.1. The normalized spacial score (nSPS) is 14.7. The topological polar surface area (TPSA) is 79.0 Å². The molecular formula is C38H38F2N6O2. The van der Waals surface area contributed by atoms with E-state index >= 15 is 4.39 Å². The first kappa shape index (κ1) is 32.9. The van der Waals surface area contributed by atoms with E-state index in [0.29, 0.717) is 17.7 Å². The first-order valence-corrected chi connectivity index (χ1v) is 15.8. The van der Waals surface area contributed by atoms with E-state index in [4.69, 9.17) is 9.47 Å². The van der Waals surface area contributed by atoms with Crippen LogP contribution >= 0.6 is 0 Å². The maximum Gasteiger partial charge on any atom is 0.190 e. The second-order valence-electron chi connectivity index (χ2n) is 11.7. The number of hydrogen-bond acceptors (Lipinski definition) is 6. The lowest BCUT2D eigenvalue weighted by molar-refractivity contribution is -0.286. The van der Waals surface area contributed by atoms with Crippen LogP contribution in [0.15, 0.2) is 128 Å². The molecule has 0 fully saturated rings. The number of nitrogens with one attached hydrogen (secondary N) is 1. The van der Waals surface area contributed by atoms with E-state index in [1.165, 1.54) is 18.2 Å². The van der Waals surface area contributed by atoms with Crippen LogP contribution in [0.2, 0.25) is 0 Å². The van der Waals surface area contributed by atoms with Crippen molar-refractivity contribution in [2.24, 2.45) is 14.1 Å². The molecule has 6 rings (SSSR count). The van der Waals surface area contributed by atoms with Gasteiger partial charge in [-0.1, -0.05) is 66.7 Å². The average molecular weight is 649 g/mol. The summed E-state index contributed by atoms with van der Waals surface area (Å²) in [6.45, 7) is 0. The number of likely N-dealkylation sites (N-methyl/N-ethyl adjacent to an activating group) is 1. The van der Waals surface area contributed by atoms with E-state index in [0.717, 1.165) is 22.4 Å². The summed E-state index contributed by atoms with van der Waals surface area (Å²) < 4.78 is 48.6. The molecule has 0 spiro atoms. The van der Waals surface area contributed by atoms with Crippen LogP contribution < -0.4 is 5.32 Å². The number of aryl methyl sites for hydroxylation is 2. The summed E-state index contributed by atoms with van der Waals surface area (Å²) in [6, 6.07) is 29.8. The minimum atomic E-state index is -1.52. The summed E-state index contributed by atoms with van der Waals surface area (Å²) >= 11 is 0. The van der Waals surface area contributed by atoms with E-state index < -0.39 is 29.9 Å². The van der Waals surface area contributed by atoms with Crippen LogP contribution in [0.4, 0.5) is 8.78 Å². The predicted molar refractivity (Wildman–Crippen MR) is 179 cm³/mol. The standard InChI is InChI=1S/C38H38F2N6O2/c1-41-35(24-28-13-9-15-30(39)23-28)38(25-27-11-5-4-6-12-27,47-36(29-14-10-20-42-26-29)33-18-21-43-45(33)2)48-37(34-19-22-44-46(34)3)31-16-7-8-17-32(31)40/h4-23,26,35-37,41H,24-25H2,1-3H3. The first-order valence-electron chi connectivity index (χ1n) is 15.8. The molecule has 0 amide bonds. The number of pyridine rings is 1. The largest absolute Gasteiger partial charge is 0.334 e. The molecule has 3 heterocycles. The fourth-order valence-corrected chi connectivity index (χ4v) is 6.14. The lowest BCUT2D eigenvalue weighted by atomic mass is 9.91. The Morgan fingerprint density at radius 1 is 0.729 bits per heavy atom. The molecule has 0 radical (unpaired) electrons. The molecule has 3 aromatic heterocycles. The molecule has 4 atom stereocenters. The molecule has 6 aromatic rings. The Kier molecular flexibility index (Phi) is 10.1. The van der Waals surface area contributed by atoms with Gasteiger partial charge in [0.15, 0.2) is 5.79 Å². The summed E-state index contributed by atoms with van der Waals surface area (Å²) in [5, 5.41) is 12.3. The van der Waals surface area contributed by atoms with Gasteiger partial charge in [-0.05, 0) is 61.0 Å². The van der Waals surface area contributed by atoms with E-state index in [1.54, 1.807) is 65.5 Å². The zero-order valence-electron chi connectivity index (χ0n) is 27.1. The van der Waals surface area contributed by atoms with Crippen molar-refractivity contribution in [2.45, 2.75) is 36.9 Å². The second kappa shape index (κ2) is 14.8. The van der Waals surface area contributed by atoms with Crippen molar-refractivity contribution in [3.8, 4) is 0 Å². The Balaban J connectivity index is 1.59. The Labute approximate surface area is 279 Å². The number of benzene rings is 3. The molecule has 4 unspecified atom stereocenters. The van der Waals surface area contributed by atoms with Gasteiger partial charge in [0.2, 0.25) is 0 Å². The van der Waals surface area contributed by atoms with Crippen LogP contribution in [0.1, 0.15) is 45.8 Å². The molecule has 3 aromatic carbocycles. The third-order valence-electron chi connectivity index (χ3n) is 8.57. The fourth-order valence-electron chi connectivity index (χ4n) is 6.14. The van der Waals surface area contributed by atoms with Crippen molar-refractivity contribution < 1.29 is 18.3 Å². The second-order valence-corrected chi connectivity index (χ2v) is 11.7. The van der Waals surface area contributed by atoms with Gasteiger partial charge in [-0.2, -0.15) is 10.2 Å². The molecule has 246 valence electrons. The number of rotatable bonds is 14. The Hall–Kier alpha value is -5.03. The molecule has 1 N–H and O–H groups in total. The monoisotopic (exact) mass is 648 g/mol. The van der Waals surface area contributed by atoms with Crippen LogP contribution in [0.25, 0.3) is 0 Å². The van der Waals surface area contributed by atoms with Crippen LogP contribution in [0.3, 0.4) is 0 Å². The predicted octanol–water partition coefficient (Wildman–Crippen LogP) is 6.51. The van der Waals surface area contributed by atoms with Gasteiger partial charge in [-0.15, -0.1) is 0 Å². The van der Waals surface area contributed by atoms with Gasteiger partial charge >= 0.3 is 0 Å². The van der Waals surface area contributed by atoms with Crippen molar-refractivity contribution in [1.82, 2.24) is 29.9 Å². The molecule has 0 saturated heterocycles. The lowest BCUT2D eigenvalue weighted by Gasteiger charge is -2.45. The summed E-state index contributed by atoms with van der Waals surface area (Å²) in [7, 11) is 5.46. The first-order chi connectivity index (χ1) is 23.4. The van der Waals surface area contributed by atoms with E-state index in [1.807, 2.05) is 74.8 Å². The molecule has 0 aliphatic carbocycles. The Morgan fingerprint density at radius 3 is 2.02 bits per heavy atom. The van der Waals surface area contributed by atoms with Crippen LogP contribution in [0.5, 0.6) is 0 Å². The minimum Gasteiger partial charge on any atom is -0.334 e. The van der Waals surface area contributed by atoms with Crippen LogP contribution in [0, 0.1) is 11.6 Å². The van der Waals surface area contributed by atoms with Gasteiger partial charge < -0.3 is 14.8 Å². The molecule has 0 bridgehead atoms. The smallest absolute Gasteiger partial charge is 0.190 e. The van der Waals surface area contributed by atoms with E-state index in [2.05, 4.69) is 20.5 Å². The highest BCUT2D eigenvalue weighted by molar-refractivity contribution is 5.30. The molecule has 48 heavy (non-hydrogen) atoms. The number of hydrogen-bond donors (Lipinski definition) is 1. The highest BCUT2D eigenvalue weighted by Gasteiger charge is 2.47. The third-order valence-corrected chi connectivity index (χ3v) is 8.57. The lowest BCUT2D eigenvalue weighted by Crippen LogP contribution is -2.57. The minimum absolute atomic E-state index is 0.242. The van der Waals surface area contributed by atoms with Gasteiger partial charge in [0.1, 0.15) is 23.8 Å².